The van der Waals surface area contributed by atoms with Gasteiger partial charge in [-0.2, -0.15) is 22.0 Å². The van der Waals surface area contributed by atoms with Crippen LogP contribution in [0.1, 0.15) is 11.8 Å². The summed E-state index contributed by atoms with van der Waals surface area (Å²) >= 11 is 0. The number of rotatable bonds is 2. The van der Waals surface area contributed by atoms with Crippen LogP contribution in [0.5, 0.6) is 0 Å². The zero-order chi connectivity index (χ0) is 11.0. The molecule has 1 aromatic rings. The number of H-pyrrole nitrogens is 1. The van der Waals surface area contributed by atoms with E-state index >= 15 is 0 Å². The lowest BCUT2D eigenvalue weighted by atomic mass is 10.1. The van der Waals surface area contributed by atoms with Gasteiger partial charge in [-0.3, -0.25) is 0 Å². The molecule has 14 heavy (non-hydrogen) atoms. The van der Waals surface area contributed by atoms with Gasteiger partial charge in [0.2, 0.25) is 0 Å². The van der Waals surface area contributed by atoms with Gasteiger partial charge in [0, 0.05) is 6.20 Å². The highest BCUT2D eigenvalue weighted by atomic mass is 19.4. The molecule has 7 heteroatoms. The molecule has 0 aromatic carbocycles. The number of aromatic nitrogens is 1. The van der Waals surface area contributed by atoms with Crippen LogP contribution in [0.3, 0.4) is 0 Å². The number of aliphatic hydroxyl groups excluding tert-OH is 1. The van der Waals surface area contributed by atoms with E-state index < -0.39 is 23.9 Å². The quantitative estimate of drug-likeness (QED) is 0.729. The average molecular weight is 215 g/mol. The summed E-state index contributed by atoms with van der Waals surface area (Å²) in [4.78, 5) is 2.09. The average Bonchev–Trinajstić information content (AvgIpc) is 2.52. The Morgan fingerprint density at radius 2 is 1.79 bits per heavy atom. The summed E-state index contributed by atoms with van der Waals surface area (Å²) in [7, 11) is 0. The van der Waals surface area contributed by atoms with Gasteiger partial charge in [0.25, 0.3) is 0 Å². The molecule has 80 valence electrons. The molecule has 0 spiro atoms. The van der Waals surface area contributed by atoms with E-state index in [1.165, 1.54) is 6.07 Å². The van der Waals surface area contributed by atoms with Gasteiger partial charge in [0.05, 0.1) is 5.69 Å². The summed E-state index contributed by atoms with van der Waals surface area (Å²) in [5.41, 5.74) is -0.577. The first kappa shape index (κ1) is 11.0. The third kappa shape index (κ3) is 1.72. The van der Waals surface area contributed by atoms with Gasteiger partial charge in [-0.05, 0) is 12.1 Å². The lowest BCUT2D eigenvalue weighted by Gasteiger charge is -2.23. The Hall–Kier alpha value is -1.11. The van der Waals surface area contributed by atoms with Gasteiger partial charge in [0.15, 0.2) is 6.10 Å². The maximum atomic E-state index is 12.5. The summed E-state index contributed by atoms with van der Waals surface area (Å²) in [5, 5.41) is 8.77. The summed E-state index contributed by atoms with van der Waals surface area (Å²) in [6.45, 7) is 0. The topological polar surface area (TPSA) is 36.0 Å². The normalized spacial score (nSPS) is 15.6. The van der Waals surface area contributed by atoms with Crippen LogP contribution in [0.15, 0.2) is 18.3 Å². The van der Waals surface area contributed by atoms with Crippen molar-refractivity contribution in [1.29, 1.82) is 0 Å². The fourth-order valence-electron chi connectivity index (χ4n) is 0.865. The Morgan fingerprint density at radius 1 is 1.21 bits per heavy atom. The van der Waals surface area contributed by atoms with Gasteiger partial charge >= 0.3 is 12.1 Å². The van der Waals surface area contributed by atoms with E-state index in [-0.39, 0.29) is 0 Å². The molecule has 1 rings (SSSR count). The third-order valence-corrected chi connectivity index (χ3v) is 1.64. The van der Waals surface area contributed by atoms with Crippen LogP contribution in [0.4, 0.5) is 22.0 Å². The molecule has 1 aromatic heterocycles. The molecule has 0 saturated carbocycles. The molecule has 2 N–H and O–H groups in total. The lowest BCUT2D eigenvalue weighted by molar-refractivity contribution is -0.315. The van der Waals surface area contributed by atoms with Crippen LogP contribution in [-0.2, 0) is 0 Å². The maximum Gasteiger partial charge on any atom is 0.456 e. The monoisotopic (exact) mass is 215 g/mol. The number of alkyl halides is 5. The van der Waals surface area contributed by atoms with Crippen molar-refractivity contribution >= 4 is 0 Å². The number of aromatic amines is 1. The summed E-state index contributed by atoms with van der Waals surface area (Å²) in [6.07, 6.45) is -7.53. The van der Waals surface area contributed by atoms with Crippen LogP contribution >= 0.6 is 0 Å². The molecule has 1 heterocycles. The van der Waals surface area contributed by atoms with Crippen molar-refractivity contribution in [2.45, 2.75) is 18.2 Å². The molecule has 2 nitrogen and oxygen atoms in total. The molecule has 0 amide bonds. The van der Waals surface area contributed by atoms with Crippen LogP contribution < -0.4 is 0 Å². The Kier molecular flexibility index (Phi) is 2.53. The number of nitrogens with one attached hydrogen (secondary N) is 1. The number of aliphatic hydroxyl groups is 1. The van der Waals surface area contributed by atoms with Crippen LogP contribution in [0, 0.1) is 0 Å². The van der Waals surface area contributed by atoms with Crippen molar-refractivity contribution in [2.24, 2.45) is 0 Å². The summed E-state index contributed by atoms with van der Waals surface area (Å²) in [5.74, 6) is -5.15. The standard InChI is InChI=1S/C7H6F5NO/c8-6(9,7(10,11)12)5(14)4-2-1-3-13-4/h1-3,5,13-14H. The van der Waals surface area contributed by atoms with Gasteiger partial charge < -0.3 is 10.1 Å². The van der Waals surface area contributed by atoms with Crippen molar-refractivity contribution in [2.75, 3.05) is 0 Å². The molecule has 0 saturated heterocycles. The van der Waals surface area contributed by atoms with E-state index in [1.54, 1.807) is 0 Å². The molecular formula is C7H6F5NO. The fraction of sp³-hybridized carbons (Fsp3) is 0.429. The Bertz CT molecular complexity index is 292. The maximum absolute atomic E-state index is 12.5. The van der Waals surface area contributed by atoms with Crippen molar-refractivity contribution < 1.29 is 27.1 Å². The van der Waals surface area contributed by atoms with Gasteiger partial charge in [-0.1, -0.05) is 0 Å². The van der Waals surface area contributed by atoms with Gasteiger partial charge in [0.1, 0.15) is 0 Å². The Labute approximate surface area is 75.4 Å². The molecule has 0 bridgehead atoms. The molecular weight excluding hydrogens is 209 g/mol. The zero-order valence-electron chi connectivity index (χ0n) is 6.65. The Balaban J connectivity index is 2.94. The number of hydrogen-bond acceptors (Lipinski definition) is 1. The zero-order valence-corrected chi connectivity index (χ0v) is 6.65. The van der Waals surface area contributed by atoms with Gasteiger partial charge in [-0.25, -0.2) is 0 Å². The van der Waals surface area contributed by atoms with Crippen LogP contribution in [0.25, 0.3) is 0 Å². The molecule has 0 radical (unpaired) electrons. The van der Waals surface area contributed by atoms with E-state index in [0.717, 1.165) is 12.3 Å². The first-order chi connectivity index (χ1) is 6.27. The first-order valence-corrected chi connectivity index (χ1v) is 3.52. The molecule has 0 aliphatic carbocycles. The second-order valence-electron chi connectivity index (χ2n) is 2.65. The highest BCUT2D eigenvalue weighted by Crippen LogP contribution is 2.43. The molecule has 0 fully saturated rings. The van der Waals surface area contributed by atoms with Crippen molar-refractivity contribution in [3.8, 4) is 0 Å². The largest absolute Gasteiger partial charge is 0.456 e. The predicted molar refractivity (Wildman–Crippen MR) is 36.8 cm³/mol. The number of halogens is 5. The second-order valence-corrected chi connectivity index (χ2v) is 2.65. The van der Waals surface area contributed by atoms with E-state index in [4.69, 9.17) is 5.11 Å². The SMILES string of the molecule is OC(c1ccc[nH]1)C(F)(F)C(F)(F)F. The van der Waals surface area contributed by atoms with Crippen molar-refractivity contribution in [3.63, 3.8) is 0 Å². The number of hydrogen-bond donors (Lipinski definition) is 2. The third-order valence-electron chi connectivity index (χ3n) is 1.64. The minimum absolute atomic E-state index is 0.577. The molecule has 1 unspecified atom stereocenters. The minimum Gasteiger partial charge on any atom is -0.380 e. The van der Waals surface area contributed by atoms with E-state index in [0.29, 0.717) is 0 Å². The molecule has 1 atom stereocenters. The smallest absolute Gasteiger partial charge is 0.380 e. The van der Waals surface area contributed by atoms with Crippen LogP contribution in [-0.4, -0.2) is 22.2 Å². The van der Waals surface area contributed by atoms with E-state index in [2.05, 4.69) is 4.98 Å². The highest BCUT2D eigenvalue weighted by molar-refractivity contribution is 5.11. The second kappa shape index (κ2) is 3.23. The van der Waals surface area contributed by atoms with Crippen LogP contribution in [0.2, 0.25) is 0 Å². The Morgan fingerprint density at radius 3 is 2.14 bits per heavy atom. The summed E-state index contributed by atoms with van der Waals surface area (Å²) < 4.78 is 60.2. The van der Waals surface area contributed by atoms with E-state index in [1.807, 2.05) is 0 Å². The summed E-state index contributed by atoms with van der Waals surface area (Å²) in [6, 6.07) is 2.16. The van der Waals surface area contributed by atoms with Gasteiger partial charge in [-0.15, -0.1) is 0 Å². The first-order valence-electron chi connectivity index (χ1n) is 3.52. The fourth-order valence-corrected chi connectivity index (χ4v) is 0.865. The highest BCUT2D eigenvalue weighted by Gasteiger charge is 2.62. The predicted octanol–water partition coefficient (Wildman–Crippen LogP) is 2.25. The van der Waals surface area contributed by atoms with Crippen molar-refractivity contribution in [3.05, 3.63) is 24.0 Å². The lowest BCUT2D eigenvalue weighted by Crippen LogP contribution is -2.42. The molecule has 0 aliphatic heterocycles. The van der Waals surface area contributed by atoms with E-state index in [9.17, 15) is 22.0 Å². The van der Waals surface area contributed by atoms with Crippen molar-refractivity contribution in [1.82, 2.24) is 4.98 Å². The minimum atomic E-state index is -5.77. The molecule has 0 aliphatic rings.